The number of amidine groups is 1. The van der Waals surface area contributed by atoms with Crippen molar-refractivity contribution in [2.24, 2.45) is 4.99 Å². The molecule has 0 saturated carbocycles. The summed E-state index contributed by atoms with van der Waals surface area (Å²) in [6.07, 6.45) is 1.87. The lowest BCUT2D eigenvalue weighted by atomic mass is 10.2. The van der Waals surface area contributed by atoms with Crippen molar-refractivity contribution in [3.8, 4) is 5.75 Å². The van der Waals surface area contributed by atoms with Gasteiger partial charge in [-0.1, -0.05) is 0 Å². The number of aliphatic hydroxyl groups is 1. The van der Waals surface area contributed by atoms with Crippen molar-refractivity contribution in [3.05, 3.63) is 12.1 Å². The fourth-order valence-corrected chi connectivity index (χ4v) is 2.96. The second-order valence-electron chi connectivity index (χ2n) is 5.83. The number of amides is 1. The Bertz CT molecular complexity index is 707. The van der Waals surface area contributed by atoms with Gasteiger partial charge in [0, 0.05) is 25.7 Å². The van der Waals surface area contributed by atoms with Gasteiger partial charge in [0.2, 0.25) is 0 Å². The number of nitrogen functional groups attached to an aromatic ring is 1. The van der Waals surface area contributed by atoms with Crippen molar-refractivity contribution in [2.75, 3.05) is 44.4 Å². The van der Waals surface area contributed by atoms with Crippen LogP contribution in [-0.4, -0.2) is 65.9 Å². The molecule has 0 unspecified atom stereocenters. The normalized spacial score (nSPS) is 18.7. The first kappa shape index (κ1) is 17.0. The number of carbonyl (C=O) groups is 1. The number of methoxy groups -OCH3 is 1. The first-order valence-corrected chi connectivity index (χ1v) is 8.16. The van der Waals surface area contributed by atoms with Crippen LogP contribution in [0.3, 0.4) is 0 Å². The molecule has 1 aromatic carbocycles. The molecule has 0 aromatic heterocycles. The zero-order valence-corrected chi connectivity index (χ0v) is 14.1. The summed E-state index contributed by atoms with van der Waals surface area (Å²) < 4.78 is 5.32. The van der Waals surface area contributed by atoms with Crippen LogP contribution in [0.1, 0.15) is 12.8 Å². The van der Waals surface area contributed by atoms with E-state index in [1.165, 1.54) is 7.11 Å². The molecular formula is C16H22N6O3. The summed E-state index contributed by atoms with van der Waals surface area (Å²) in [5.41, 5.74) is 7.51. The second-order valence-corrected chi connectivity index (χ2v) is 5.83. The number of nitrogens with two attached hydrogens (primary N) is 1. The topological polar surface area (TPSA) is 127 Å². The van der Waals surface area contributed by atoms with Crippen LogP contribution in [-0.2, 0) is 4.79 Å². The van der Waals surface area contributed by atoms with E-state index in [9.17, 15) is 4.79 Å². The van der Waals surface area contributed by atoms with Gasteiger partial charge in [-0.15, -0.1) is 0 Å². The van der Waals surface area contributed by atoms with E-state index in [4.69, 9.17) is 21.0 Å². The van der Waals surface area contributed by atoms with Gasteiger partial charge in [0.05, 0.1) is 30.8 Å². The fraction of sp³-hybridized carbons (Fsp3) is 0.438. The molecule has 9 nitrogen and oxygen atoms in total. The maximum atomic E-state index is 12.5. The van der Waals surface area contributed by atoms with Gasteiger partial charge in [0.1, 0.15) is 5.75 Å². The average Bonchev–Trinajstić information content (AvgIpc) is 2.87. The molecule has 2 saturated heterocycles. The number of carbonyl (C=O) groups excluding carboxylic acids is 1. The predicted molar refractivity (Wildman–Crippen MR) is 95.5 cm³/mol. The Balaban J connectivity index is 1.95. The van der Waals surface area contributed by atoms with Crippen LogP contribution in [0.25, 0.3) is 0 Å². The van der Waals surface area contributed by atoms with E-state index in [0.29, 0.717) is 42.4 Å². The summed E-state index contributed by atoms with van der Waals surface area (Å²) in [4.78, 5) is 16.9. The van der Waals surface area contributed by atoms with Crippen LogP contribution in [0.4, 0.5) is 17.1 Å². The zero-order chi connectivity index (χ0) is 18.0. The average molecular weight is 346 g/mol. The molecule has 3 rings (SSSR count). The molecule has 5 N–H and O–H groups in total. The highest BCUT2D eigenvalue weighted by Crippen LogP contribution is 2.35. The van der Waals surface area contributed by atoms with Crippen molar-refractivity contribution in [2.45, 2.75) is 12.8 Å². The number of fused-ring (bicyclic) bond motifs is 1. The molecule has 134 valence electrons. The molecule has 0 spiro atoms. The number of benzene rings is 1. The minimum atomic E-state index is -0.273. The third kappa shape index (κ3) is 3.10. The number of aliphatic imine (C=N–C) groups is 1. The lowest BCUT2D eigenvalue weighted by molar-refractivity contribution is -0.134. The van der Waals surface area contributed by atoms with Crippen LogP contribution in [0.2, 0.25) is 0 Å². The van der Waals surface area contributed by atoms with E-state index in [0.717, 1.165) is 12.8 Å². The first-order valence-electron chi connectivity index (χ1n) is 8.16. The molecule has 2 aliphatic rings. The first-order chi connectivity index (χ1) is 12.1. The van der Waals surface area contributed by atoms with Gasteiger partial charge in [-0.25, -0.2) is 10.0 Å². The van der Waals surface area contributed by atoms with Gasteiger partial charge in [0.15, 0.2) is 11.5 Å². The van der Waals surface area contributed by atoms with Crippen LogP contribution in [0, 0.1) is 5.41 Å². The number of nitrogens with one attached hydrogen (secondary N) is 2. The van der Waals surface area contributed by atoms with Gasteiger partial charge in [-0.05, 0) is 18.9 Å². The highest BCUT2D eigenvalue weighted by atomic mass is 16.5. The number of ether oxygens (including phenoxy) is 1. The van der Waals surface area contributed by atoms with Crippen molar-refractivity contribution in [3.63, 3.8) is 0 Å². The number of hydrogen-bond donors (Lipinski definition) is 4. The minimum Gasteiger partial charge on any atom is -0.495 e. The summed E-state index contributed by atoms with van der Waals surface area (Å²) in [6, 6.07) is 3.26. The highest BCUT2D eigenvalue weighted by molar-refractivity contribution is 6.68. The molecule has 0 aliphatic carbocycles. The van der Waals surface area contributed by atoms with Gasteiger partial charge in [-0.3, -0.25) is 15.2 Å². The summed E-state index contributed by atoms with van der Waals surface area (Å²) in [5, 5.41) is 23.4. The van der Waals surface area contributed by atoms with E-state index in [2.05, 4.69) is 10.3 Å². The quantitative estimate of drug-likeness (QED) is 0.578. The molecule has 2 fully saturated rings. The van der Waals surface area contributed by atoms with Crippen LogP contribution in [0.5, 0.6) is 5.75 Å². The summed E-state index contributed by atoms with van der Waals surface area (Å²) in [7, 11) is 1.52. The number of hydrogen-bond acceptors (Lipinski definition) is 7. The Morgan fingerprint density at radius 3 is 2.72 bits per heavy atom. The van der Waals surface area contributed by atoms with Crippen LogP contribution >= 0.6 is 0 Å². The van der Waals surface area contributed by atoms with E-state index in [-0.39, 0.29) is 24.1 Å². The third-order valence-electron chi connectivity index (χ3n) is 4.21. The molecule has 25 heavy (non-hydrogen) atoms. The Kier molecular flexibility index (Phi) is 4.75. The minimum absolute atomic E-state index is 0.0234. The molecule has 0 radical (unpaired) electrons. The number of nitrogens with zero attached hydrogens (tertiary/aromatic N) is 3. The van der Waals surface area contributed by atoms with Crippen molar-refractivity contribution < 1.29 is 14.6 Å². The van der Waals surface area contributed by atoms with Gasteiger partial charge in [-0.2, -0.15) is 0 Å². The molecular weight excluding hydrogens is 324 g/mol. The molecule has 2 heterocycles. The Morgan fingerprint density at radius 2 is 2.08 bits per heavy atom. The lowest BCUT2D eigenvalue weighted by Crippen LogP contribution is -2.45. The smallest absolute Gasteiger partial charge is 0.294 e. The molecule has 2 aliphatic heterocycles. The number of rotatable bonds is 5. The number of aliphatic hydroxyl groups excluding tert-OH is 1. The SMILES string of the molecule is COc1cc(N=C2C(=N)N3CCCCN3C2=O)c(N)cc1NCCO. The Labute approximate surface area is 145 Å². The molecule has 1 aromatic rings. The van der Waals surface area contributed by atoms with E-state index < -0.39 is 0 Å². The van der Waals surface area contributed by atoms with E-state index in [1.807, 2.05) is 0 Å². The fourth-order valence-electron chi connectivity index (χ4n) is 2.96. The predicted octanol–water partition coefficient (Wildman–Crippen LogP) is 0.584. The molecule has 1 amide bonds. The maximum Gasteiger partial charge on any atom is 0.294 e. The Morgan fingerprint density at radius 1 is 1.36 bits per heavy atom. The van der Waals surface area contributed by atoms with E-state index >= 15 is 0 Å². The third-order valence-corrected chi connectivity index (χ3v) is 4.21. The number of anilines is 2. The zero-order valence-electron chi connectivity index (χ0n) is 14.1. The van der Waals surface area contributed by atoms with Crippen molar-refractivity contribution in [1.82, 2.24) is 10.0 Å². The van der Waals surface area contributed by atoms with Gasteiger partial charge < -0.3 is 20.9 Å². The standard InChI is InChI=1S/C16H22N6O3/c1-25-13-9-11(10(17)8-12(13)19-4-7-23)20-14-15(18)21-5-2-3-6-22(21)16(14)24/h8-9,18-19,23H,2-7,17H2,1H3. The Hall–Kier alpha value is -2.81. The van der Waals surface area contributed by atoms with Crippen molar-refractivity contribution in [1.29, 1.82) is 5.41 Å². The van der Waals surface area contributed by atoms with Crippen LogP contribution < -0.4 is 15.8 Å². The van der Waals surface area contributed by atoms with Gasteiger partial charge in [0.25, 0.3) is 5.91 Å². The molecule has 0 bridgehead atoms. The monoisotopic (exact) mass is 346 g/mol. The molecule has 0 atom stereocenters. The molecule has 9 heteroatoms. The lowest BCUT2D eigenvalue weighted by Gasteiger charge is -2.32. The summed E-state index contributed by atoms with van der Waals surface area (Å²) in [5.74, 6) is 0.327. The second kappa shape index (κ2) is 6.98. The van der Waals surface area contributed by atoms with E-state index in [1.54, 1.807) is 22.2 Å². The van der Waals surface area contributed by atoms with Crippen LogP contribution in [0.15, 0.2) is 17.1 Å². The largest absolute Gasteiger partial charge is 0.495 e. The number of hydrazine groups is 1. The summed E-state index contributed by atoms with van der Waals surface area (Å²) >= 11 is 0. The maximum absolute atomic E-state index is 12.5. The summed E-state index contributed by atoms with van der Waals surface area (Å²) in [6.45, 7) is 1.58. The van der Waals surface area contributed by atoms with Crippen molar-refractivity contribution >= 4 is 34.5 Å². The van der Waals surface area contributed by atoms with Gasteiger partial charge >= 0.3 is 0 Å². The highest BCUT2D eigenvalue weighted by Gasteiger charge is 2.40.